The van der Waals surface area contributed by atoms with Crippen molar-refractivity contribution in [1.82, 2.24) is 10.2 Å². The highest BCUT2D eigenvalue weighted by Gasteiger charge is 2.36. The van der Waals surface area contributed by atoms with Crippen molar-refractivity contribution in [1.29, 1.82) is 0 Å². The summed E-state index contributed by atoms with van der Waals surface area (Å²) in [6, 6.07) is 0.142. The van der Waals surface area contributed by atoms with Crippen molar-refractivity contribution in [3.05, 3.63) is 0 Å². The largest absolute Gasteiger partial charge is 0.388 e. The van der Waals surface area contributed by atoms with Crippen LogP contribution >= 0.6 is 0 Å². The van der Waals surface area contributed by atoms with Gasteiger partial charge in [0.05, 0.1) is 11.5 Å². The number of hydrogen-bond acceptors (Lipinski definition) is 3. The molecule has 2 fully saturated rings. The zero-order valence-electron chi connectivity index (χ0n) is 12.5. The van der Waals surface area contributed by atoms with E-state index < -0.39 is 5.60 Å². The first-order valence-corrected chi connectivity index (χ1v) is 7.71. The molecule has 0 bridgehead atoms. The number of amides is 2. The van der Waals surface area contributed by atoms with Gasteiger partial charge in [-0.2, -0.15) is 0 Å². The van der Waals surface area contributed by atoms with Gasteiger partial charge in [-0.25, -0.2) is 0 Å². The minimum absolute atomic E-state index is 0.0523. The third-order valence-corrected chi connectivity index (χ3v) is 4.53. The first-order chi connectivity index (χ1) is 9.41. The number of rotatable bonds is 4. The molecular formula is C15H26N2O3. The molecule has 114 valence electrons. The van der Waals surface area contributed by atoms with Gasteiger partial charge in [-0.3, -0.25) is 9.59 Å². The van der Waals surface area contributed by atoms with Gasteiger partial charge < -0.3 is 15.3 Å². The fourth-order valence-corrected chi connectivity index (χ4v) is 3.19. The van der Waals surface area contributed by atoms with E-state index in [0.717, 1.165) is 32.1 Å². The average Bonchev–Trinajstić information content (AvgIpc) is 2.79. The highest BCUT2D eigenvalue weighted by atomic mass is 16.3. The lowest BCUT2D eigenvalue weighted by atomic mass is 9.85. The molecule has 5 nitrogen and oxygen atoms in total. The Hall–Kier alpha value is -1.10. The molecule has 1 heterocycles. The SMILES string of the molecule is CC(C)N1CC(C(=O)NCC2(O)CCCCC2)CC1=O. The minimum atomic E-state index is -0.742. The van der Waals surface area contributed by atoms with E-state index in [9.17, 15) is 14.7 Å². The second kappa shape index (κ2) is 6.12. The standard InChI is InChI=1S/C15H26N2O3/c1-11(2)17-9-12(8-13(17)18)14(19)16-10-15(20)6-4-3-5-7-15/h11-12,20H,3-10H2,1-2H3,(H,16,19). The Bertz CT molecular complexity index is 375. The fourth-order valence-electron chi connectivity index (χ4n) is 3.19. The van der Waals surface area contributed by atoms with E-state index in [-0.39, 0.29) is 23.8 Å². The summed E-state index contributed by atoms with van der Waals surface area (Å²) in [5, 5.41) is 13.2. The number of aliphatic hydroxyl groups is 1. The zero-order chi connectivity index (χ0) is 14.8. The maximum Gasteiger partial charge on any atom is 0.225 e. The monoisotopic (exact) mass is 282 g/mol. The number of nitrogens with one attached hydrogen (secondary N) is 1. The van der Waals surface area contributed by atoms with Gasteiger partial charge in [0.25, 0.3) is 0 Å². The van der Waals surface area contributed by atoms with Gasteiger partial charge >= 0.3 is 0 Å². The van der Waals surface area contributed by atoms with Crippen molar-refractivity contribution in [2.45, 2.75) is 64.0 Å². The van der Waals surface area contributed by atoms with E-state index in [1.165, 1.54) is 0 Å². The fraction of sp³-hybridized carbons (Fsp3) is 0.867. The number of hydrogen-bond donors (Lipinski definition) is 2. The molecule has 2 aliphatic rings. The second-order valence-electron chi connectivity index (χ2n) is 6.54. The Balaban J connectivity index is 1.82. The lowest BCUT2D eigenvalue weighted by Crippen LogP contribution is -2.46. The molecule has 20 heavy (non-hydrogen) atoms. The van der Waals surface area contributed by atoms with E-state index in [4.69, 9.17) is 0 Å². The van der Waals surface area contributed by atoms with Crippen molar-refractivity contribution in [3.8, 4) is 0 Å². The van der Waals surface area contributed by atoms with Crippen LogP contribution in [-0.2, 0) is 9.59 Å². The zero-order valence-corrected chi connectivity index (χ0v) is 12.5. The Morgan fingerprint density at radius 1 is 1.40 bits per heavy atom. The molecule has 1 saturated carbocycles. The summed E-state index contributed by atoms with van der Waals surface area (Å²) in [7, 11) is 0. The lowest BCUT2D eigenvalue weighted by molar-refractivity contribution is -0.130. The van der Waals surface area contributed by atoms with Gasteiger partial charge in [0.15, 0.2) is 0 Å². The van der Waals surface area contributed by atoms with Gasteiger partial charge in [0, 0.05) is 25.6 Å². The summed E-state index contributed by atoms with van der Waals surface area (Å²) in [5.74, 6) is -0.311. The predicted octanol–water partition coefficient (Wildman–Crippen LogP) is 1.05. The van der Waals surface area contributed by atoms with Crippen LogP contribution in [-0.4, -0.2) is 46.6 Å². The van der Waals surface area contributed by atoms with Gasteiger partial charge in [0.2, 0.25) is 11.8 Å². The molecule has 1 saturated heterocycles. The lowest BCUT2D eigenvalue weighted by Gasteiger charge is -2.32. The highest BCUT2D eigenvalue weighted by molar-refractivity contribution is 5.89. The number of nitrogens with zero attached hydrogens (tertiary/aromatic N) is 1. The molecule has 1 aliphatic heterocycles. The highest BCUT2D eigenvalue weighted by Crippen LogP contribution is 2.27. The van der Waals surface area contributed by atoms with Crippen molar-refractivity contribution >= 4 is 11.8 Å². The first kappa shape index (κ1) is 15.3. The van der Waals surface area contributed by atoms with Crippen LogP contribution in [0.2, 0.25) is 0 Å². The number of carbonyl (C=O) groups excluding carboxylic acids is 2. The molecule has 2 N–H and O–H groups in total. The maximum atomic E-state index is 12.1. The van der Waals surface area contributed by atoms with Crippen molar-refractivity contribution in [3.63, 3.8) is 0 Å². The van der Waals surface area contributed by atoms with Gasteiger partial charge in [-0.1, -0.05) is 19.3 Å². The van der Waals surface area contributed by atoms with E-state index in [0.29, 0.717) is 19.5 Å². The maximum absolute atomic E-state index is 12.1. The molecule has 0 aromatic rings. The van der Waals surface area contributed by atoms with Crippen molar-refractivity contribution in [2.24, 2.45) is 5.92 Å². The molecule has 0 aromatic heterocycles. The Morgan fingerprint density at radius 3 is 2.60 bits per heavy atom. The first-order valence-electron chi connectivity index (χ1n) is 7.71. The van der Waals surface area contributed by atoms with Crippen molar-refractivity contribution < 1.29 is 14.7 Å². The average molecular weight is 282 g/mol. The van der Waals surface area contributed by atoms with Gasteiger partial charge in [0.1, 0.15) is 0 Å². The molecular weight excluding hydrogens is 256 g/mol. The molecule has 2 rings (SSSR count). The Kier molecular flexibility index (Phi) is 4.68. The van der Waals surface area contributed by atoms with Crippen LogP contribution in [0.4, 0.5) is 0 Å². The smallest absolute Gasteiger partial charge is 0.225 e. The quantitative estimate of drug-likeness (QED) is 0.810. The Labute approximate surface area is 120 Å². The molecule has 0 radical (unpaired) electrons. The van der Waals surface area contributed by atoms with Crippen LogP contribution in [0.1, 0.15) is 52.4 Å². The third-order valence-electron chi connectivity index (χ3n) is 4.53. The van der Waals surface area contributed by atoms with Crippen LogP contribution in [0.3, 0.4) is 0 Å². The van der Waals surface area contributed by atoms with Crippen LogP contribution in [0.5, 0.6) is 0 Å². The molecule has 5 heteroatoms. The van der Waals surface area contributed by atoms with Crippen LogP contribution in [0, 0.1) is 5.92 Å². The van der Waals surface area contributed by atoms with E-state index in [2.05, 4.69) is 5.32 Å². The molecule has 1 unspecified atom stereocenters. The molecule has 0 spiro atoms. The van der Waals surface area contributed by atoms with E-state index >= 15 is 0 Å². The summed E-state index contributed by atoms with van der Waals surface area (Å²) in [4.78, 5) is 25.7. The molecule has 1 atom stereocenters. The molecule has 1 aliphatic carbocycles. The summed E-state index contributed by atoms with van der Waals surface area (Å²) < 4.78 is 0. The second-order valence-corrected chi connectivity index (χ2v) is 6.54. The summed E-state index contributed by atoms with van der Waals surface area (Å²) in [6.07, 6.45) is 5.02. The van der Waals surface area contributed by atoms with Crippen LogP contribution in [0.25, 0.3) is 0 Å². The van der Waals surface area contributed by atoms with Gasteiger partial charge in [-0.05, 0) is 26.7 Å². The summed E-state index contributed by atoms with van der Waals surface area (Å²) in [5.41, 5.74) is -0.742. The summed E-state index contributed by atoms with van der Waals surface area (Å²) >= 11 is 0. The number of carbonyl (C=O) groups is 2. The normalized spacial score (nSPS) is 26.1. The minimum Gasteiger partial charge on any atom is -0.388 e. The summed E-state index contributed by atoms with van der Waals surface area (Å²) in [6.45, 7) is 4.74. The molecule has 2 amide bonds. The Morgan fingerprint density at radius 2 is 2.05 bits per heavy atom. The number of likely N-dealkylation sites (tertiary alicyclic amines) is 1. The van der Waals surface area contributed by atoms with Crippen LogP contribution < -0.4 is 5.32 Å². The third kappa shape index (κ3) is 3.51. The van der Waals surface area contributed by atoms with Crippen LogP contribution in [0.15, 0.2) is 0 Å². The van der Waals surface area contributed by atoms with E-state index in [1.807, 2.05) is 13.8 Å². The van der Waals surface area contributed by atoms with Crippen molar-refractivity contribution in [2.75, 3.05) is 13.1 Å². The predicted molar refractivity (Wildman–Crippen MR) is 76.0 cm³/mol. The van der Waals surface area contributed by atoms with Gasteiger partial charge in [-0.15, -0.1) is 0 Å². The van der Waals surface area contributed by atoms with E-state index in [1.54, 1.807) is 4.90 Å². The topological polar surface area (TPSA) is 69.6 Å². The molecule has 0 aromatic carbocycles.